The molecule has 0 aliphatic carbocycles. The summed E-state index contributed by atoms with van der Waals surface area (Å²) in [6.45, 7) is 6.77. The number of benzene rings is 2. The molecule has 0 bridgehead atoms. The monoisotopic (exact) mass is 393 g/mol. The lowest BCUT2D eigenvalue weighted by molar-refractivity contribution is -0.132. The Kier molecular flexibility index (Phi) is 6.77. The molecule has 1 saturated heterocycles. The quantitative estimate of drug-likeness (QED) is 0.708. The summed E-state index contributed by atoms with van der Waals surface area (Å²) >= 11 is 0. The molecule has 6 heteroatoms. The van der Waals surface area contributed by atoms with Gasteiger partial charge in [0.2, 0.25) is 11.8 Å². The van der Waals surface area contributed by atoms with Gasteiger partial charge in [-0.2, -0.15) is 0 Å². The molecule has 1 aliphatic rings. The van der Waals surface area contributed by atoms with Gasteiger partial charge >= 0.3 is 0 Å². The molecule has 2 amide bonds. The van der Waals surface area contributed by atoms with E-state index in [-0.39, 0.29) is 24.1 Å². The van der Waals surface area contributed by atoms with Gasteiger partial charge in [-0.3, -0.25) is 19.3 Å². The van der Waals surface area contributed by atoms with E-state index in [4.69, 9.17) is 0 Å². The third-order valence-electron chi connectivity index (χ3n) is 5.23. The van der Waals surface area contributed by atoms with E-state index < -0.39 is 0 Å². The Balaban J connectivity index is 1.56. The van der Waals surface area contributed by atoms with Crippen LogP contribution >= 0.6 is 0 Å². The molecule has 152 valence electrons. The second-order valence-corrected chi connectivity index (χ2v) is 7.35. The number of carbonyl (C=O) groups is 3. The number of piperazine rings is 1. The highest BCUT2D eigenvalue weighted by molar-refractivity contribution is 5.98. The lowest BCUT2D eigenvalue weighted by atomic mass is 10.1. The van der Waals surface area contributed by atoms with Gasteiger partial charge in [0.1, 0.15) is 6.54 Å². The zero-order chi connectivity index (χ0) is 20.8. The molecule has 6 nitrogen and oxygen atoms in total. The van der Waals surface area contributed by atoms with Crippen molar-refractivity contribution in [1.82, 2.24) is 9.80 Å². The Bertz CT molecular complexity index is 857. The largest absolute Gasteiger partial charge is 0.339 e. The molecule has 0 saturated carbocycles. The van der Waals surface area contributed by atoms with E-state index in [1.165, 1.54) is 24.3 Å². The first-order chi connectivity index (χ1) is 13.9. The lowest BCUT2D eigenvalue weighted by Gasteiger charge is -2.35. The van der Waals surface area contributed by atoms with Gasteiger partial charge in [0.25, 0.3) is 0 Å². The summed E-state index contributed by atoms with van der Waals surface area (Å²) in [4.78, 5) is 42.0. The maximum absolute atomic E-state index is 12.8. The molecule has 2 aromatic carbocycles. The molecule has 1 fully saturated rings. The third kappa shape index (κ3) is 5.51. The van der Waals surface area contributed by atoms with E-state index in [9.17, 15) is 14.4 Å². The van der Waals surface area contributed by atoms with Gasteiger partial charge in [-0.25, -0.2) is 0 Å². The number of hydrogen-bond donors (Lipinski definition) is 0. The number of amides is 2. The van der Waals surface area contributed by atoms with Crippen molar-refractivity contribution in [3.8, 4) is 0 Å². The van der Waals surface area contributed by atoms with Crippen molar-refractivity contribution in [2.24, 2.45) is 0 Å². The Hall–Kier alpha value is -2.99. The predicted molar refractivity (Wildman–Crippen MR) is 113 cm³/mol. The number of anilines is 1. The van der Waals surface area contributed by atoms with Gasteiger partial charge in [-0.15, -0.1) is 0 Å². The van der Waals surface area contributed by atoms with E-state index >= 15 is 0 Å². The second-order valence-electron chi connectivity index (χ2n) is 7.35. The summed E-state index contributed by atoms with van der Waals surface area (Å²) in [6, 6.07) is 17.1. The van der Waals surface area contributed by atoms with E-state index in [0.29, 0.717) is 24.3 Å². The van der Waals surface area contributed by atoms with Crippen LogP contribution in [0.4, 0.5) is 5.69 Å². The molecule has 1 aliphatic heterocycles. The Morgan fingerprint density at radius 2 is 1.48 bits per heavy atom. The molecular formula is C23H27N3O3. The van der Waals surface area contributed by atoms with E-state index in [0.717, 1.165) is 19.6 Å². The Labute approximate surface area is 171 Å². The van der Waals surface area contributed by atoms with Crippen LogP contribution in [0.3, 0.4) is 0 Å². The predicted octanol–water partition coefficient (Wildman–Crippen LogP) is 2.59. The van der Waals surface area contributed by atoms with E-state index in [1.54, 1.807) is 24.3 Å². The van der Waals surface area contributed by atoms with Crippen molar-refractivity contribution in [3.63, 3.8) is 0 Å². The maximum atomic E-state index is 12.8. The fraction of sp³-hybridized carbons (Fsp3) is 0.348. The van der Waals surface area contributed by atoms with Gasteiger partial charge in [-0.1, -0.05) is 30.3 Å². The molecule has 3 rings (SSSR count). The van der Waals surface area contributed by atoms with Crippen LogP contribution in [0.1, 0.15) is 29.8 Å². The van der Waals surface area contributed by atoms with Crippen molar-refractivity contribution >= 4 is 23.3 Å². The highest BCUT2D eigenvalue weighted by Crippen LogP contribution is 2.17. The highest BCUT2D eigenvalue weighted by atomic mass is 16.2. The number of Topliss-reactive ketones (excluding diaryl/α,β-unsaturated/α-hetero) is 1. The van der Waals surface area contributed by atoms with E-state index in [2.05, 4.69) is 17.0 Å². The molecule has 0 N–H and O–H groups in total. The van der Waals surface area contributed by atoms with Gasteiger partial charge in [0, 0.05) is 50.9 Å². The number of carbonyl (C=O) groups excluding carboxylic acids is 3. The zero-order valence-electron chi connectivity index (χ0n) is 17.0. The van der Waals surface area contributed by atoms with Crippen LogP contribution < -0.4 is 4.90 Å². The average molecular weight is 393 g/mol. The minimum atomic E-state index is -0.198. The van der Waals surface area contributed by atoms with Crippen molar-refractivity contribution in [1.29, 1.82) is 0 Å². The van der Waals surface area contributed by atoms with Crippen molar-refractivity contribution in [2.45, 2.75) is 20.4 Å². The van der Waals surface area contributed by atoms with Crippen LogP contribution in [0.2, 0.25) is 0 Å². The fourth-order valence-electron chi connectivity index (χ4n) is 3.49. The third-order valence-corrected chi connectivity index (χ3v) is 5.23. The number of hydrogen-bond acceptors (Lipinski definition) is 4. The van der Waals surface area contributed by atoms with Crippen LogP contribution in [-0.4, -0.2) is 60.1 Å². The highest BCUT2D eigenvalue weighted by Gasteiger charge is 2.24. The molecule has 29 heavy (non-hydrogen) atoms. The summed E-state index contributed by atoms with van der Waals surface area (Å²) in [5.74, 6) is -0.290. The van der Waals surface area contributed by atoms with Crippen molar-refractivity contribution in [3.05, 3.63) is 65.7 Å². The molecule has 1 heterocycles. The summed E-state index contributed by atoms with van der Waals surface area (Å²) in [5, 5.41) is 0. The van der Waals surface area contributed by atoms with Crippen LogP contribution in [0, 0.1) is 0 Å². The van der Waals surface area contributed by atoms with Gasteiger partial charge in [-0.05, 0) is 36.8 Å². The van der Waals surface area contributed by atoms with Gasteiger partial charge in [0.15, 0.2) is 5.78 Å². The van der Waals surface area contributed by atoms with Crippen LogP contribution in [-0.2, 0) is 16.1 Å². The first kappa shape index (κ1) is 20.7. The second kappa shape index (κ2) is 9.47. The number of rotatable bonds is 6. The normalized spacial score (nSPS) is 14.5. The first-order valence-corrected chi connectivity index (χ1v) is 9.87. The van der Waals surface area contributed by atoms with Crippen molar-refractivity contribution < 1.29 is 14.4 Å². The van der Waals surface area contributed by atoms with Crippen molar-refractivity contribution in [2.75, 3.05) is 37.6 Å². The Morgan fingerprint density at radius 1 is 0.862 bits per heavy atom. The summed E-state index contributed by atoms with van der Waals surface area (Å²) in [6.07, 6.45) is 0. The number of nitrogens with zero attached hydrogens (tertiary/aromatic N) is 3. The van der Waals surface area contributed by atoms with E-state index in [1.807, 2.05) is 23.1 Å². The van der Waals surface area contributed by atoms with Gasteiger partial charge in [0.05, 0.1) is 0 Å². The molecule has 0 spiro atoms. The summed E-state index contributed by atoms with van der Waals surface area (Å²) in [7, 11) is 0. The molecule has 0 unspecified atom stereocenters. The number of ketones is 1. The SMILES string of the molecule is CC(=O)c1ccc(N(CC(=O)N2CCN(Cc3ccccc3)CC2)C(C)=O)cc1. The first-order valence-electron chi connectivity index (χ1n) is 9.87. The van der Waals surface area contributed by atoms with Crippen LogP contribution in [0.5, 0.6) is 0 Å². The standard InChI is InChI=1S/C23H27N3O3/c1-18(27)21-8-10-22(11-9-21)26(19(2)28)17-23(29)25-14-12-24(13-15-25)16-20-6-4-3-5-7-20/h3-11H,12-17H2,1-2H3. The average Bonchev–Trinajstić information content (AvgIpc) is 2.73. The zero-order valence-corrected chi connectivity index (χ0v) is 17.0. The van der Waals surface area contributed by atoms with Crippen LogP contribution in [0.25, 0.3) is 0 Å². The lowest BCUT2D eigenvalue weighted by Crippen LogP contribution is -2.51. The summed E-state index contributed by atoms with van der Waals surface area (Å²) < 4.78 is 0. The minimum absolute atomic E-state index is 0.00738. The summed E-state index contributed by atoms with van der Waals surface area (Å²) in [5.41, 5.74) is 2.47. The molecular weight excluding hydrogens is 366 g/mol. The fourth-order valence-corrected chi connectivity index (χ4v) is 3.49. The molecule has 0 radical (unpaired) electrons. The molecule has 0 atom stereocenters. The Morgan fingerprint density at radius 3 is 2.03 bits per heavy atom. The topological polar surface area (TPSA) is 60.9 Å². The smallest absolute Gasteiger partial charge is 0.242 e. The van der Waals surface area contributed by atoms with Crippen LogP contribution in [0.15, 0.2) is 54.6 Å². The minimum Gasteiger partial charge on any atom is -0.339 e. The maximum Gasteiger partial charge on any atom is 0.242 e. The molecule has 2 aromatic rings. The molecule has 0 aromatic heterocycles. The van der Waals surface area contributed by atoms with Gasteiger partial charge < -0.3 is 9.80 Å².